The van der Waals surface area contributed by atoms with E-state index in [0.29, 0.717) is 28.5 Å². The molecule has 1 aromatic heterocycles. The van der Waals surface area contributed by atoms with Gasteiger partial charge in [-0.3, -0.25) is 4.79 Å². The lowest BCUT2D eigenvalue weighted by atomic mass is 10.2. The summed E-state index contributed by atoms with van der Waals surface area (Å²) in [7, 11) is 4.67. The van der Waals surface area contributed by atoms with Gasteiger partial charge in [0.2, 0.25) is 11.9 Å². The lowest BCUT2D eigenvalue weighted by Crippen LogP contribution is -2.19. The van der Waals surface area contributed by atoms with Crippen LogP contribution in [0.4, 0.5) is 11.6 Å². The lowest BCUT2D eigenvalue weighted by Gasteiger charge is -2.11. The summed E-state index contributed by atoms with van der Waals surface area (Å²) in [5.41, 5.74) is 7.98. The van der Waals surface area contributed by atoms with E-state index in [1.54, 1.807) is 49.1 Å². The fraction of sp³-hybridized carbons (Fsp3) is 0.222. The molecular weight excluding hydrogens is 336 g/mol. The number of nitrogens with one attached hydrogen (secondary N) is 1. The molecule has 2 aromatic carbocycles. The second-order valence-corrected chi connectivity index (χ2v) is 5.53. The number of carbonyl (C=O) groups excluding carboxylic acids is 1. The zero-order valence-electron chi connectivity index (χ0n) is 14.8. The smallest absolute Gasteiger partial charge is 0.244 e. The average molecular weight is 356 g/mol. The SMILES string of the molecule is COc1ccc2c(c1)nc(N)n2CC(=O)Nc1ccc(OC)c(OC)c1. The molecule has 0 aliphatic carbocycles. The number of nitrogens with two attached hydrogens (primary N) is 1. The van der Waals surface area contributed by atoms with E-state index in [0.717, 1.165) is 5.52 Å². The van der Waals surface area contributed by atoms with Gasteiger partial charge in [-0.05, 0) is 24.3 Å². The van der Waals surface area contributed by atoms with Crippen LogP contribution in [-0.4, -0.2) is 36.8 Å². The van der Waals surface area contributed by atoms with E-state index < -0.39 is 0 Å². The number of amides is 1. The van der Waals surface area contributed by atoms with Gasteiger partial charge in [-0.1, -0.05) is 0 Å². The van der Waals surface area contributed by atoms with Crippen molar-refractivity contribution in [3.05, 3.63) is 36.4 Å². The van der Waals surface area contributed by atoms with Crippen molar-refractivity contribution in [3.8, 4) is 17.2 Å². The molecule has 1 heterocycles. The molecule has 0 aliphatic rings. The fourth-order valence-electron chi connectivity index (χ4n) is 2.68. The summed E-state index contributed by atoms with van der Waals surface area (Å²) in [6, 6.07) is 10.5. The molecule has 3 rings (SSSR count). The quantitative estimate of drug-likeness (QED) is 0.703. The maximum Gasteiger partial charge on any atom is 0.244 e. The highest BCUT2D eigenvalue weighted by atomic mass is 16.5. The van der Waals surface area contributed by atoms with Gasteiger partial charge in [0, 0.05) is 17.8 Å². The summed E-state index contributed by atoms with van der Waals surface area (Å²) in [6.45, 7) is 0.0308. The van der Waals surface area contributed by atoms with E-state index in [1.165, 1.54) is 7.11 Å². The van der Waals surface area contributed by atoms with Crippen molar-refractivity contribution >= 4 is 28.6 Å². The Kier molecular flexibility index (Phi) is 4.83. The minimum absolute atomic E-state index is 0.0308. The van der Waals surface area contributed by atoms with Crippen LogP contribution in [0, 0.1) is 0 Å². The van der Waals surface area contributed by atoms with Crippen LogP contribution < -0.4 is 25.3 Å². The third-order valence-corrected chi connectivity index (χ3v) is 3.95. The Morgan fingerprint density at radius 2 is 1.85 bits per heavy atom. The number of hydrogen-bond donors (Lipinski definition) is 2. The Hall–Kier alpha value is -3.42. The molecule has 0 atom stereocenters. The lowest BCUT2D eigenvalue weighted by molar-refractivity contribution is -0.116. The van der Waals surface area contributed by atoms with E-state index in [-0.39, 0.29) is 18.4 Å². The first kappa shape index (κ1) is 17.4. The van der Waals surface area contributed by atoms with Gasteiger partial charge in [0.1, 0.15) is 12.3 Å². The van der Waals surface area contributed by atoms with Gasteiger partial charge in [0.15, 0.2) is 11.5 Å². The number of ether oxygens (including phenoxy) is 3. The molecule has 8 heteroatoms. The van der Waals surface area contributed by atoms with Crippen molar-refractivity contribution in [2.45, 2.75) is 6.54 Å². The number of fused-ring (bicyclic) bond motifs is 1. The van der Waals surface area contributed by atoms with E-state index in [4.69, 9.17) is 19.9 Å². The molecule has 3 N–H and O–H groups in total. The third kappa shape index (κ3) is 3.34. The molecule has 1 amide bonds. The first-order chi connectivity index (χ1) is 12.5. The van der Waals surface area contributed by atoms with Crippen LogP contribution in [0.5, 0.6) is 17.2 Å². The van der Waals surface area contributed by atoms with Crippen LogP contribution in [0.15, 0.2) is 36.4 Å². The predicted molar refractivity (Wildman–Crippen MR) is 98.9 cm³/mol. The van der Waals surface area contributed by atoms with Crippen molar-refractivity contribution in [3.63, 3.8) is 0 Å². The summed E-state index contributed by atoms with van der Waals surface area (Å²) >= 11 is 0. The molecular formula is C18H20N4O4. The van der Waals surface area contributed by atoms with E-state index in [1.807, 2.05) is 6.07 Å². The molecule has 26 heavy (non-hydrogen) atoms. The molecule has 0 aliphatic heterocycles. The highest BCUT2D eigenvalue weighted by molar-refractivity contribution is 5.92. The van der Waals surface area contributed by atoms with Crippen molar-refractivity contribution in [2.24, 2.45) is 0 Å². The number of carbonyl (C=O) groups is 1. The number of hydrogen-bond acceptors (Lipinski definition) is 6. The Morgan fingerprint density at radius 1 is 1.08 bits per heavy atom. The van der Waals surface area contributed by atoms with Crippen LogP contribution in [0.25, 0.3) is 11.0 Å². The number of nitrogens with zero attached hydrogens (tertiary/aromatic N) is 2. The minimum atomic E-state index is -0.237. The van der Waals surface area contributed by atoms with Crippen LogP contribution >= 0.6 is 0 Å². The normalized spacial score (nSPS) is 10.6. The van der Waals surface area contributed by atoms with Gasteiger partial charge in [-0.25, -0.2) is 4.98 Å². The number of methoxy groups -OCH3 is 3. The van der Waals surface area contributed by atoms with E-state index in [9.17, 15) is 4.79 Å². The molecule has 3 aromatic rings. The number of imidazole rings is 1. The van der Waals surface area contributed by atoms with Gasteiger partial charge in [-0.2, -0.15) is 0 Å². The minimum Gasteiger partial charge on any atom is -0.497 e. The molecule has 0 fully saturated rings. The predicted octanol–water partition coefficient (Wildman–Crippen LogP) is 2.28. The highest BCUT2D eigenvalue weighted by Crippen LogP contribution is 2.30. The highest BCUT2D eigenvalue weighted by Gasteiger charge is 2.13. The summed E-state index contributed by atoms with van der Waals surface area (Å²) in [6.07, 6.45) is 0. The van der Waals surface area contributed by atoms with E-state index >= 15 is 0 Å². The number of aromatic nitrogens is 2. The monoisotopic (exact) mass is 356 g/mol. The van der Waals surface area contributed by atoms with Crippen LogP contribution in [0.1, 0.15) is 0 Å². The van der Waals surface area contributed by atoms with Crippen LogP contribution in [0.2, 0.25) is 0 Å². The van der Waals surface area contributed by atoms with Gasteiger partial charge < -0.3 is 29.8 Å². The topological polar surface area (TPSA) is 101 Å². The fourth-order valence-corrected chi connectivity index (χ4v) is 2.68. The molecule has 0 saturated carbocycles. The second-order valence-electron chi connectivity index (χ2n) is 5.53. The van der Waals surface area contributed by atoms with Gasteiger partial charge in [0.05, 0.1) is 32.4 Å². The maximum absolute atomic E-state index is 12.4. The first-order valence-corrected chi connectivity index (χ1v) is 7.87. The number of benzene rings is 2. The van der Waals surface area contributed by atoms with Gasteiger partial charge >= 0.3 is 0 Å². The Morgan fingerprint density at radius 3 is 2.54 bits per heavy atom. The van der Waals surface area contributed by atoms with Crippen molar-refractivity contribution in [1.29, 1.82) is 0 Å². The molecule has 0 saturated heterocycles. The number of rotatable bonds is 6. The summed E-state index contributed by atoms with van der Waals surface area (Å²) in [5, 5.41) is 2.82. The van der Waals surface area contributed by atoms with Crippen LogP contribution in [0.3, 0.4) is 0 Å². The maximum atomic E-state index is 12.4. The molecule has 0 unspecified atom stereocenters. The third-order valence-electron chi connectivity index (χ3n) is 3.95. The standard InChI is InChI=1S/C18H20N4O4/c1-24-12-5-6-14-13(9-12)21-18(19)22(14)10-17(23)20-11-4-7-15(25-2)16(8-11)26-3/h4-9H,10H2,1-3H3,(H2,19,21)(H,20,23). The summed E-state index contributed by atoms with van der Waals surface area (Å²) < 4.78 is 17.3. The van der Waals surface area contributed by atoms with Crippen LogP contribution in [-0.2, 0) is 11.3 Å². The second kappa shape index (κ2) is 7.22. The summed E-state index contributed by atoms with van der Waals surface area (Å²) in [5.74, 6) is 1.82. The summed E-state index contributed by atoms with van der Waals surface area (Å²) in [4.78, 5) is 16.7. The van der Waals surface area contributed by atoms with Crippen molar-refractivity contribution in [2.75, 3.05) is 32.4 Å². The van der Waals surface area contributed by atoms with Gasteiger partial charge in [0.25, 0.3) is 0 Å². The van der Waals surface area contributed by atoms with E-state index in [2.05, 4.69) is 10.3 Å². The van der Waals surface area contributed by atoms with Crippen molar-refractivity contribution in [1.82, 2.24) is 9.55 Å². The molecule has 8 nitrogen and oxygen atoms in total. The molecule has 0 spiro atoms. The zero-order chi connectivity index (χ0) is 18.7. The molecule has 136 valence electrons. The zero-order valence-corrected chi connectivity index (χ0v) is 14.8. The van der Waals surface area contributed by atoms with Crippen molar-refractivity contribution < 1.29 is 19.0 Å². The Bertz CT molecular complexity index is 952. The Labute approximate surface area is 150 Å². The number of nitrogen functional groups attached to an aromatic ring is 1. The first-order valence-electron chi connectivity index (χ1n) is 7.87. The largest absolute Gasteiger partial charge is 0.497 e. The average Bonchev–Trinajstić information content (AvgIpc) is 2.95. The molecule has 0 bridgehead atoms. The molecule has 0 radical (unpaired) electrons. The number of anilines is 2. The van der Waals surface area contributed by atoms with Gasteiger partial charge in [-0.15, -0.1) is 0 Å². The Balaban J connectivity index is 1.80.